The molecule has 0 saturated heterocycles. The number of benzene rings is 2. The molecule has 0 bridgehead atoms. The van der Waals surface area contributed by atoms with Gasteiger partial charge in [-0.3, -0.25) is 10.1 Å². The van der Waals surface area contributed by atoms with Crippen LogP contribution in [0.4, 0.5) is 14.9 Å². The average molecular weight is 395 g/mol. The number of hydrogen-bond acceptors (Lipinski definition) is 5. The van der Waals surface area contributed by atoms with Gasteiger partial charge in [-0.1, -0.05) is 23.7 Å². The van der Waals surface area contributed by atoms with E-state index >= 15 is 0 Å². The Morgan fingerprint density at radius 2 is 1.78 bits per heavy atom. The molecule has 0 fully saturated rings. The van der Waals surface area contributed by atoms with Crippen LogP contribution in [0.3, 0.4) is 0 Å². The Hall–Kier alpha value is -3.13. The highest BCUT2D eigenvalue weighted by molar-refractivity contribution is 6.30. The molecule has 0 heterocycles. The van der Waals surface area contributed by atoms with Crippen molar-refractivity contribution in [3.05, 3.63) is 59.4 Å². The van der Waals surface area contributed by atoms with Gasteiger partial charge < -0.3 is 14.8 Å². The maximum absolute atomic E-state index is 13.4. The molecule has 7 nitrogen and oxygen atoms in total. The number of rotatable bonds is 6. The van der Waals surface area contributed by atoms with Gasteiger partial charge in [0.2, 0.25) is 0 Å². The Balaban J connectivity index is 1.75. The molecule has 9 heteroatoms. The first kappa shape index (κ1) is 20.2. The highest BCUT2D eigenvalue weighted by Gasteiger charge is 2.19. The van der Waals surface area contributed by atoms with E-state index in [-0.39, 0.29) is 5.69 Å². The van der Waals surface area contributed by atoms with E-state index in [1.165, 1.54) is 25.1 Å². The summed E-state index contributed by atoms with van der Waals surface area (Å²) in [6.07, 6.45) is -0.980. The Morgan fingerprint density at radius 3 is 2.44 bits per heavy atom. The molecule has 142 valence electrons. The van der Waals surface area contributed by atoms with Crippen LogP contribution in [0, 0.1) is 5.82 Å². The third-order valence-electron chi connectivity index (χ3n) is 3.18. The lowest BCUT2D eigenvalue weighted by atomic mass is 10.3. The van der Waals surface area contributed by atoms with Crippen LogP contribution < -0.4 is 15.4 Å². The largest absolute Gasteiger partial charge is 0.479 e. The van der Waals surface area contributed by atoms with Gasteiger partial charge in [-0.2, -0.15) is 0 Å². The molecule has 0 aliphatic rings. The van der Waals surface area contributed by atoms with Crippen molar-refractivity contribution in [2.24, 2.45) is 0 Å². The minimum Gasteiger partial charge on any atom is -0.479 e. The Morgan fingerprint density at radius 1 is 1.11 bits per heavy atom. The molecular formula is C18H16ClFN2O5. The normalized spacial score (nSPS) is 11.2. The summed E-state index contributed by atoms with van der Waals surface area (Å²) < 4.78 is 23.5. The fourth-order valence-corrected chi connectivity index (χ4v) is 2.02. The number of esters is 1. The van der Waals surface area contributed by atoms with Crippen molar-refractivity contribution in [2.45, 2.75) is 13.0 Å². The van der Waals surface area contributed by atoms with Crippen LogP contribution in [0.25, 0.3) is 0 Å². The molecule has 0 aliphatic carbocycles. The van der Waals surface area contributed by atoms with E-state index < -0.39 is 36.4 Å². The summed E-state index contributed by atoms with van der Waals surface area (Å²) in [5, 5.41) is 4.60. The topological polar surface area (TPSA) is 93.7 Å². The lowest BCUT2D eigenvalue weighted by molar-refractivity contribution is -0.154. The number of para-hydroxylation sites is 1. The number of anilines is 1. The molecule has 0 spiro atoms. The van der Waals surface area contributed by atoms with E-state index in [2.05, 4.69) is 5.32 Å². The average Bonchev–Trinajstić information content (AvgIpc) is 2.63. The number of hydrogen-bond donors (Lipinski definition) is 2. The number of urea groups is 1. The molecule has 2 rings (SSSR count). The first-order valence-electron chi connectivity index (χ1n) is 7.79. The van der Waals surface area contributed by atoms with Crippen molar-refractivity contribution in [3.8, 4) is 5.75 Å². The second kappa shape index (κ2) is 9.54. The van der Waals surface area contributed by atoms with E-state index in [0.29, 0.717) is 10.8 Å². The van der Waals surface area contributed by atoms with Crippen LogP contribution in [0.5, 0.6) is 5.75 Å². The molecular weight excluding hydrogens is 379 g/mol. The first-order valence-corrected chi connectivity index (χ1v) is 8.17. The van der Waals surface area contributed by atoms with Gasteiger partial charge >= 0.3 is 12.0 Å². The summed E-state index contributed by atoms with van der Waals surface area (Å²) in [4.78, 5) is 35.1. The zero-order chi connectivity index (χ0) is 19.8. The maximum Gasteiger partial charge on any atom is 0.347 e. The van der Waals surface area contributed by atoms with Gasteiger partial charge in [0.25, 0.3) is 5.91 Å². The van der Waals surface area contributed by atoms with E-state index in [1.807, 2.05) is 5.32 Å². The lowest BCUT2D eigenvalue weighted by Crippen LogP contribution is -2.38. The van der Waals surface area contributed by atoms with Crippen LogP contribution in [-0.2, 0) is 14.3 Å². The van der Waals surface area contributed by atoms with Crippen LogP contribution >= 0.6 is 11.6 Å². The zero-order valence-electron chi connectivity index (χ0n) is 14.2. The SMILES string of the molecule is C[C@H](Oc1ccc(Cl)cc1)C(=O)OCC(=O)NC(=O)Nc1ccccc1F. The molecule has 0 unspecified atom stereocenters. The second-order valence-corrected chi connectivity index (χ2v) is 5.74. The third kappa shape index (κ3) is 6.59. The molecule has 0 aliphatic heterocycles. The Kier molecular flexibility index (Phi) is 7.13. The van der Waals surface area contributed by atoms with Gasteiger partial charge in [0, 0.05) is 5.02 Å². The van der Waals surface area contributed by atoms with Crippen molar-refractivity contribution >= 4 is 35.2 Å². The summed E-state index contributed by atoms with van der Waals surface area (Å²) in [5.41, 5.74) is -0.0928. The Bertz CT molecular complexity index is 829. The standard InChI is InChI=1S/C18H16ClFN2O5/c1-11(27-13-8-6-12(19)7-9-13)17(24)26-10-16(23)22-18(25)21-15-5-3-2-4-14(15)20/h2-9,11H,10H2,1H3,(H2,21,22,23,25)/t11-/m0/s1. The highest BCUT2D eigenvalue weighted by atomic mass is 35.5. The number of amides is 3. The van der Waals surface area contributed by atoms with Gasteiger partial charge in [-0.15, -0.1) is 0 Å². The van der Waals surface area contributed by atoms with E-state index in [1.54, 1.807) is 24.3 Å². The van der Waals surface area contributed by atoms with Crippen molar-refractivity contribution < 1.29 is 28.2 Å². The van der Waals surface area contributed by atoms with Crippen molar-refractivity contribution in [3.63, 3.8) is 0 Å². The fourth-order valence-electron chi connectivity index (χ4n) is 1.90. The summed E-state index contributed by atoms with van der Waals surface area (Å²) in [5.74, 6) is -1.93. The van der Waals surface area contributed by atoms with Crippen LogP contribution in [0.1, 0.15) is 6.92 Å². The van der Waals surface area contributed by atoms with Crippen LogP contribution in [0.15, 0.2) is 48.5 Å². The predicted molar refractivity (Wildman–Crippen MR) is 96.1 cm³/mol. The molecule has 0 radical (unpaired) electrons. The molecule has 2 aromatic rings. The first-order chi connectivity index (χ1) is 12.8. The number of halogens is 2. The minimum atomic E-state index is -0.980. The maximum atomic E-state index is 13.4. The molecule has 2 aromatic carbocycles. The zero-order valence-corrected chi connectivity index (χ0v) is 15.0. The van der Waals surface area contributed by atoms with Gasteiger partial charge in [0.1, 0.15) is 11.6 Å². The van der Waals surface area contributed by atoms with E-state index in [9.17, 15) is 18.8 Å². The lowest BCUT2D eigenvalue weighted by Gasteiger charge is -2.14. The van der Waals surface area contributed by atoms with Crippen LogP contribution in [-0.4, -0.2) is 30.6 Å². The third-order valence-corrected chi connectivity index (χ3v) is 3.43. The Labute approximate surface area is 159 Å². The monoisotopic (exact) mass is 394 g/mol. The molecule has 3 amide bonds. The number of carbonyl (C=O) groups is 3. The number of carbonyl (C=O) groups excluding carboxylic acids is 3. The summed E-state index contributed by atoms with van der Waals surface area (Å²) in [6, 6.07) is 10.8. The van der Waals surface area contributed by atoms with Gasteiger partial charge in [-0.25, -0.2) is 14.0 Å². The minimum absolute atomic E-state index is 0.0928. The summed E-state index contributed by atoms with van der Waals surface area (Å²) >= 11 is 5.75. The summed E-state index contributed by atoms with van der Waals surface area (Å²) in [6.45, 7) is 0.748. The van der Waals surface area contributed by atoms with Gasteiger partial charge in [0.05, 0.1) is 5.69 Å². The quantitative estimate of drug-likeness (QED) is 0.734. The predicted octanol–water partition coefficient (Wildman–Crippen LogP) is 3.14. The fraction of sp³-hybridized carbons (Fsp3) is 0.167. The molecule has 0 saturated carbocycles. The van der Waals surface area contributed by atoms with Gasteiger partial charge in [-0.05, 0) is 43.3 Å². The number of imide groups is 1. The molecule has 0 aromatic heterocycles. The van der Waals surface area contributed by atoms with Gasteiger partial charge in [0.15, 0.2) is 12.7 Å². The molecule has 27 heavy (non-hydrogen) atoms. The summed E-state index contributed by atoms with van der Waals surface area (Å²) in [7, 11) is 0. The molecule has 1 atom stereocenters. The van der Waals surface area contributed by atoms with Crippen molar-refractivity contribution in [2.75, 3.05) is 11.9 Å². The van der Waals surface area contributed by atoms with E-state index in [4.69, 9.17) is 21.1 Å². The van der Waals surface area contributed by atoms with Crippen LogP contribution in [0.2, 0.25) is 5.02 Å². The van der Waals surface area contributed by atoms with E-state index in [0.717, 1.165) is 6.07 Å². The highest BCUT2D eigenvalue weighted by Crippen LogP contribution is 2.17. The second-order valence-electron chi connectivity index (χ2n) is 5.30. The number of ether oxygens (including phenoxy) is 2. The van der Waals surface area contributed by atoms with Crippen molar-refractivity contribution in [1.82, 2.24) is 5.32 Å². The number of nitrogens with one attached hydrogen (secondary N) is 2. The molecule has 2 N–H and O–H groups in total. The smallest absolute Gasteiger partial charge is 0.347 e. The van der Waals surface area contributed by atoms with Crippen molar-refractivity contribution in [1.29, 1.82) is 0 Å².